The predicted molar refractivity (Wildman–Crippen MR) is 18.9 cm³/mol. The second-order valence-corrected chi connectivity index (χ2v) is 7.98. The molecule has 0 fully saturated rings. The molecule has 0 rings (SSSR count). The number of rotatable bonds is 0. The SMILES string of the molecule is [Cl][Hg][Cl].[LiH]. The zero-order valence-corrected chi connectivity index (χ0v) is 8.47. The Balaban J connectivity index is 0. The van der Waals surface area contributed by atoms with E-state index in [1.807, 2.05) is 0 Å². The Labute approximate surface area is 56.7 Å². The second-order valence-electron chi connectivity index (χ2n) is 0.101. The third-order valence-corrected chi connectivity index (χ3v) is 0. The van der Waals surface area contributed by atoms with Crippen molar-refractivity contribution in [2.24, 2.45) is 0 Å². The standard InChI is InChI=1S/2ClH.Hg.Li.H/h2*1H;;;/q;;+2;;/p-2. The fourth-order valence-corrected chi connectivity index (χ4v) is 0. The molecule has 0 aliphatic rings. The van der Waals surface area contributed by atoms with E-state index >= 15 is 0 Å². The van der Waals surface area contributed by atoms with Gasteiger partial charge < -0.3 is 0 Å². The van der Waals surface area contributed by atoms with E-state index in [2.05, 4.69) is 0 Å². The average molecular weight is 279 g/mol. The third kappa shape index (κ3) is 8.93. The van der Waals surface area contributed by atoms with Crippen LogP contribution in [-0.4, -0.2) is 18.9 Å². The summed E-state index contributed by atoms with van der Waals surface area (Å²) in [6.07, 6.45) is 0. The van der Waals surface area contributed by atoms with Crippen LogP contribution in [0, 0.1) is 0 Å². The molecular weight excluding hydrogens is 278 g/mol. The van der Waals surface area contributed by atoms with Gasteiger partial charge in [0.1, 0.15) is 0 Å². The van der Waals surface area contributed by atoms with Gasteiger partial charge in [0.2, 0.25) is 0 Å². The van der Waals surface area contributed by atoms with Gasteiger partial charge in [0.15, 0.2) is 0 Å². The van der Waals surface area contributed by atoms with Crippen molar-refractivity contribution in [3.8, 4) is 0 Å². The topological polar surface area (TPSA) is 0 Å². The molecule has 0 aromatic carbocycles. The van der Waals surface area contributed by atoms with Crippen LogP contribution in [-0.2, 0) is 22.1 Å². The minimum atomic E-state index is -1.14. The molecular formula is HCl2HgLi. The first kappa shape index (κ1) is 9.45. The van der Waals surface area contributed by atoms with Crippen LogP contribution in [0.2, 0.25) is 0 Å². The van der Waals surface area contributed by atoms with E-state index in [1.165, 1.54) is 0 Å². The van der Waals surface area contributed by atoms with Crippen molar-refractivity contribution < 1.29 is 22.1 Å². The van der Waals surface area contributed by atoms with Crippen molar-refractivity contribution in [2.75, 3.05) is 0 Å². The Hall–Kier alpha value is 2.11. The van der Waals surface area contributed by atoms with E-state index in [0.29, 0.717) is 0 Å². The third-order valence-electron chi connectivity index (χ3n) is 0. The quantitative estimate of drug-likeness (QED) is 0.574. The molecule has 0 radical (unpaired) electrons. The first-order valence-electron chi connectivity index (χ1n) is 0.535. The Morgan fingerprint density at radius 1 is 1.25 bits per heavy atom. The molecule has 0 aromatic rings. The first-order chi connectivity index (χ1) is 1.41. The van der Waals surface area contributed by atoms with E-state index in [1.54, 1.807) is 0 Å². The molecule has 0 bridgehead atoms. The molecule has 18 valence electrons. The Morgan fingerprint density at radius 2 is 1.25 bits per heavy atom. The molecule has 0 amide bonds. The summed E-state index contributed by atoms with van der Waals surface area (Å²) >= 11 is -1.14. The summed E-state index contributed by atoms with van der Waals surface area (Å²) in [7, 11) is 9.97. The summed E-state index contributed by atoms with van der Waals surface area (Å²) in [4.78, 5) is 0. The van der Waals surface area contributed by atoms with Crippen LogP contribution in [0.1, 0.15) is 0 Å². The number of halogens is 2. The molecule has 0 heterocycles. The molecule has 0 atom stereocenters. The predicted octanol–water partition coefficient (Wildman–Crippen LogP) is 0.728. The van der Waals surface area contributed by atoms with Crippen LogP contribution < -0.4 is 0 Å². The first-order valence-corrected chi connectivity index (χ1v) is 14.1. The van der Waals surface area contributed by atoms with Gasteiger partial charge in [0.25, 0.3) is 0 Å². The monoisotopic (exact) mass is 280 g/mol. The van der Waals surface area contributed by atoms with Gasteiger partial charge >= 0.3 is 57.5 Å². The van der Waals surface area contributed by atoms with E-state index in [-0.39, 0.29) is 18.9 Å². The van der Waals surface area contributed by atoms with E-state index < -0.39 is 22.1 Å². The van der Waals surface area contributed by atoms with Crippen LogP contribution in [0.4, 0.5) is 0 Å². The number of hydrogen-bond donors (Lipinski definition) is 0. The zero-order chi connectivity index (χ0) is 2.71. The molecule has 4 heavy (non-hydrogen) atoms. The molecule has 4 heteroatoms. The molecule has 0 saturated carbocycles. The van der Waals surface area contributed by atoms with Gasteiger partial charge in [-0.1, -0.05) is 0 Å². The van der Waals surface area contributed by atoms with Gasteiger partial charge in [0.05, 0.1) is 0 Å². The summed E-state index contributed by atoms with van der Waals surface area (Å²) in [5.41, 5.74) is 0. The Bertz CT molecular complexity index is 6.00. The van der Waals surface area contributed by atoms with Gasteiger partial charge in [0, 0.05) is 0 Å². The van der Waals surface area contributed by atoms with E-state index in [9.17, 15) is 0 Å². The van der Waals surface area contributed by atoms with Crippen molar-refractivity contribution in [3.05, 3.63) is 0 Å². The van der Waals surface area contributed by atoms with Gasteiger partial charge in [-0.3, -0.25) is 0 Å². The number of hydrogen-bond acceptors (Lipinski definition) is 0. The van der Waals surface area contributed by atoms with Crippen LogP contribution in [0.15, 0.2) is 0 Å². The molecule has 0 unspecified atom stereocenters. The maximum absolute atomic E-state index is 4.99. The normalized spacial score (nSPS) is 2.50. The summed E-state index contributed by atoms with van der Waals surface area (Å²) in [6, 6.07) is 0. The van der Waals surface area contributed by atoms with E-state index in [0.717, 1.165) is 0 Å². The van der Waals surface area contributed by atoms with Crippen LogP contribution >= 0.6 is 16.5 Å². The van der Waals surface area contributed by atoms with Gasteiger partial charge in [-0.05, 0) is 0 Å². The summed E-state index contributed by atoms with van der Waals surface area (Å²) in [5, 5.41) is 0. The van der Waals surface area contributed by atoms with Crippen LogP contribution in [0.3, 0.4) is 0 Å². The fourth-order valence-electron chi connectivity index (χ4n) is 0. The van der Waals surface area contributed by atoms with Crippen molar-refractivity contribution in [1.29, 1.82) is 0 Å². The van der Waals surface area contributed by atoms with Gasteiger partial charge in [-0.15, -0.1) is 0 Å². The summed E-state index contributed by atoms with van der Waals surface area (Å²) in [6.45, 7) is 0. The molecule has 0 aliphatic heterocycles. The van der Waals surface area contributed by atoms with E-state index in [4.69, 9.17) is 16.5 Å². The maximum atomic E-state index is 4.99. The van der Waals surface area contributed by atoms with Crippen molar-refractivity contribution in [2.45, 2.75) is 0 Å². The summed E-state index contributed by atoms with van der Waals surface area (Å²) in [5.74, 6) is 0. The molecule has 0 aliphatic carbocycles. The van der Waals surface area contributed by atoms with Gasteiger partial charge in [-0.2, -0.15) is 0 Å². The van der Waals surface area contributed by atoms with Crippen molar-refractivity contribution >= 4 is 35.4 Å². The Morgan fingerprint density at radius 3 is 1.25 bits per heavy atom. The van der Waals surface area contributed by atoms with Crippen molar-refractivity contribution in [1.82, 2.24) is 0 Å². The molecule has 0 spiro atoms. The van der Waals surface area contributed by atoms with Gasteiger partial charge in [-0.25, -0.2) is 0 Å². The van der Waals surface area contributed by atoms with Crippen molar-refractivity contribution in [3.63, 3.8) is 0 Å². The molecule has 0 aromatic heterocycles. The van der Waals surface area contributed by atoms with Crippen LogP contribution in [0.5, 0.6) is 0 Å². The average Bonchev–Trinajstić information content (AvgIpc) is 0.918. The molecule has 0 saturated heterocycles. The molecule has 0 N–H and O–H groups in total. The summed E-state index contributed by atoms with van der Waals surface area (Å²) < 4.78 is 0. The minimum absolute atomic E-state index is 0. The Kier molecular flexibility index (Phi) is 21.1. The van der Waals surface area contributed by atoms with Crippen LogP contribution in [0.25, 0.3) is 0 Å². The second kappa shape index (κ2) is 8.93. The fraction of sp³-hybridized carbons (Fsp3) is 0. The zero-order valence-electron chi connectivity index (χ0n) is 1.46. The molecule has 0 nitrogen and oxygen atoms in total.